The van der Waals surface area contributed by atoms with E-state index in [1.54, 1.807) is 43.3 Å². The summed E-state index contributed by atoms with van der Waals surface area (Å²) in [5, 5.41) is 19.3. The summed E-state index contributed by atoms with van der Waals surface area (Å²) in [6, 6.07) is 15.2. The predicted octanol–water partition coefficient (Wildman–Crippen LogP) is 3.65. The van der Waals surface area contributed by atoms with E-state index in [0.29, 0.717) is 25.0 Å². The van der Waals surface area contributed by atoms with E-state index in [1.165, 1.54) is 0 Å². The molecule has 0 aliphatic carbocycles. The second-order valence-electron chi connectivity index (χ2n) is 12.1. The number of hydrogen-bond donors (Lipinski definition) is 1. The number of para-hydroxylation sites is 1. The summed E-state index contributed by atoms with van der Waals surface area (Å²) in [5.41, 5.74) is 2.24. The van der Waals surface area contributed by atoms with Gasteiger partial charge in [-0.25, -0.2) is 4.68 Å². The van der Waals surface area contributed by atoms with E-state index < -0.39 is 28.7 Å². The number of nitrogens with zero attached hydrogens (tertiary/aromatic N) is 6. The van der Waals surface area contributed by atoms with Gasteiger partial charge < -0.3 is 19.8 Å². The number of carbonyl (C=O) groups excluding carboxylic acids is 3. The number of fused-ring (bicyclic) bond motifs is 2. The van der Waals surface area contributed by atoms with Gasteiger partial charge in [-0.1, -0.05) is 66.8 Å². The number of aliphatic hydroxyl groups excluding tert-OH is 1. The van der Waals surface area contributed by atoms with Crippen LogP contribution in [0.15, 0.2) is 79.9 Å². The van der Waals surface area contributed by atoms with Crippen molar-refractivity contribution < 1.29 is 19.5 Å². The van der Waals surface area contributed by atoms with Crippen LogP contribution in [0.25, 0.3) is 11.0 Å². The molecule has 10 nitrogen and oxygen atoms in total. The molecular formula is C34H40N6O4S. The number of rotatable bonds is 13. The fourth-order valence-electron chi connectivity index (χ4n) is 7.67. The highest BCUT2D eigenvalue weighted by molar-refractivity contribution is 8.02. The van der Waals surface area contributed by atoms with Crippen molar-refractivity contribution in [3.8, 4) is 0 Å². The molecule has 4 heterocycles. The van der Waals surface area contributed by atoms with E-state index in [2.05, 4.69) is 23.5 Å². The van der Waals surface area contributed by atoms with E-state index >= 15 is 0 Å². The van der Waals surface area contributed by atoms with Crippen LogP contribution in [-0.4, -0.2) is 94.8 Å². The van der Waals surface area contributed by atoms with Crippen LogP contribution in [0, 0.1) is 11.8 Å². The second-order valence-corrected chi connectivity index (χ2v) is 13.7. The molecule has 0 radical (unpaired) electrons. The highest BCUT2D eigenvalue weighted by atomic mass is 32.2. The average molecular weight is 629 g/mol. The van der Waals surface area contributed by atoms with Gasteiger partial charge in [-0.2, -0.15) is 0 Å². The molecule has 2 aromatic carbocycles. The lowest BCUT2D eigenvalue weighted by molar-refractivity contribution is -0.147. The number of likely N-dealkylation sites (tertiary alicyclic amines) is 1. The summed E-state index contributed by atoms with van der Waals surface area (Å²) in [6.45, 7) is 10.7. The molecule has 236 valence electrons. The van der Waals surface area contributed by atoms with Gasteiger partial charge in [-0.3, -0.25) is 14.4 Å². The van der Waals surface area contributed by atoms with Gasteiger partial charge in [0.25, 0.3) is 0 Å². The Hall–Kier alpha value is -3.96. The van der Waals surface area contributed by atoms with Crippen LogP contribution < -0.4 is 0 Å². The van der Waals surface area contributed by atoms with Gasteiger partial charge in [0.15, 0.2) is 0 Å². The Morgan fingerprint density at radius 3 is 2.51 bits per heavy atom. The fourth-order valence-corrected chi connectivity index (χ4v) is 9.87. The molecular weight excluding hydrogens is 588 g/mol. The maximum atomic E-state index is 15.0. The van der Waals surface area contributed by atoms with Crippen molar-refractivity contribution in [2.75, 3.05) is 26.2 Å². The van der Waals surface area contributed by atoms with E-state index in [9.17, 15) is 19.5 Å². The van der Waals surface area contributed by atoms with Gasteiger partial charge in [0, 0.05) is 24.9 Å². The average Bonchev–Trinajstić information content (AvgIpc) is 3.81. The number of aromatic nitrogens is 3. The minimum atomic E-state index is -0.895. The normalized spacial score (nSPS) is 25.7. The molecule has 3 amide bonds. The monoisotopic (exact) mass is 628 g/mol. The third kappa shape index (κ3) is 5.15. The molecule has 3 aliphatic rings. The molecule has 3 fully saturated rings. The largest absolute Gasteiger partial charge is 0.394 e. The van der Waals surface area contributed by atoms with Crippen LogP contribution in [0.2, 0.25) is 0 Å². The SMILES string of the molecule is C=CCN(Cn1nnc2ccccc21)C(=O)C1N([C@H](CO)c2ccccc2)C(=O)[C@@H]2[C@H](C(=O)N(CC=C)CCC)[C@@H]3CCC12S3. The zero-order chi connectivity index (χ0) is 31.7. The first-order valence-corrected chi connectivity index (χ1v) is 16.5. The summed E-state index contributed by atoms with van der Waals surface area (Å²) < 4.78 is 0.870. The zero-order valence-corrected chi connectivity index (χ0v) is 26.4. The molecule has 6 atom stereocenters. The van der Waals surface area contributed by atoms with Gasteiger partial charge in [-0.05, 0) is 37.0 Å². The first-order valence-electron chi connectivity index (χ1n) is 15.6. The Morgan fingerprint density at radius 2 is 1.80 bits per heavy atom. The standard InChI is InChI=1S/C34H40N6O4S/c1-4-18-37(19-5-2)31(42)28-27-16-17-34(45-27)29(28)32(43)40(26(21-41)23-12-8-7-9-13-23)30(34)33(44)38(20-6-3)22-39-25-15-11-10-14-24(25)35-36-39/h4,6-15,26-30,41H,1,3,5,16-22H2,2H3/t26-,27+,28-,29+,30?,34?/m1/s1. The van der Waals surface area contributed by atoms with E-state index in [0.717, 1.165) is 23.9 Å². The smallest absolute Gasteiger partial charge is 0.248 e. The van der Waals surface area contributed by atoms with Gasteiger partial charge >= 0.3 is 0 Å². The maximum Gasteiger partial charge on any atom is 0.248 e. The van der Waals surface area contributed by atoms with Crippen LogP contribution in [0.5, 0.6) is 0 Å². The summed E-state index contributed by atoms with van der Waals surface area (Å²) >= 11 is 1.63. The highest BCUT2D eigenvalue weighted by Gasteiger charge is 2.74. The summed E-state index contributed by atoms with van der Waals surface area (Å²) in [4.78, 5) is 49.0. The van der Waals surface area contributed by atoms with Crippen molar-refractivity contribution in [1.82, 2.24) is 29.7 Å². The quantitative estimate of drug-likeness (QED) is 0.288. The molecule has 2 bridgehead atoms. The Kier molecular flexibility index (Phi) is 8.83. The summed E-state index contributed by atoms with van der Waals surface area (Å²) in [7, 11) is 0. The van der Waals surface area contributed by atoms with Crippen LogP contribution in [-0.2, 0) is 21.1 Å². The van der Waals surface area contributed by atoms with Crippen LogP contribution in [0.1, 0.15) is 37.8 Å². The van der Waals surface area contributed by atoms with Gasteiger partial charge in [0.1, 0.15) is 18.2 Å². The number of benzene rings is 2. The van der Waals surface area contributed by atoms with E-state index in [-0.39, 0.29) is 42.8 Å². The number of hydrogen-bond acceptors (Lipinski definition) is 7. The first-order chi connectivity index (χ1) is 21.9. The van der Waals surface area contributed by atoms with Gasteiger partial charge in [-0.15, -0.1) is 30.0 Å². The predicted molar refractivity (Wildman–Crippen MR) is 174 cm³/mol. The van der Waals surface area contributed by atoms with Crippen molar-refractivity contribution in [3.05, 3.63) is 85.5 Å². The Balaban J connectivity index is 1.44. The first kappa shape index (κ1) is 31.0. The maximum absolute atomic E-state index is 15.0. The Bertz CT molecular complexity index is 1600. The van der Waals surface area contributed by atoms with Gasteiger partial charge in [0.05, 0.1) is 34.7 Å². The molecule has 3 aliphatic heterocycles. The van der Waals surface area contributed by atoms with Crippen molar-refractivity contribution in [2.45, 2.75) is 54.9 Å². The third-order valence-electron chi connectivity index (χ3n) is 9.49. The molecule has 3 aromatic rings. The molecule has 1 spiro atoms. The van der Waals surface area contributed by atoms with Crippen LogP contribution >= 0.6 is 11.8 Å². The lowest BCUT2D eigenvalue weighted by Crippen LogP contribution is -2.56. The van der Waals surface area contributed by atoms with E-state index in [4.69, 9.17) is 0 Å². The van der Waals surface area contributed by atoms with Crippen LogP contribution in [0.4, 0.5) is 0 Å². The Labute approximate surface area is 267 Å². The molecule has 3 saturated heterocycles. The molecule has 1 aromatic heterocycles. The number of thioether (sulfide) groups is 1. The molecule has 1 N–H and O–H groups in total. The fraction of sp³-hybridized carbons (Fsp3) is 0.441. The Morgan fingerprint density at radius 1 is 1.09 bits per heavy atom. The third-order valence-corrected chi connectivity index (χ3v) is 11.4. The minimum Gasteiger partial charge on any atom is -0.394 e. The zero-order valence-electron chi connectivity index (χ0n) is 25.6. The molecule has 0 saturated carbocycles. The molecule has 11 heteroatoms. The lowest BCUT2D eigenvalue weighted by atomic mass is 9.70. The summed E-state index contributed by atoms with van der Waals surface area (Å²) in [5.74, 6) is -1.78. The van der Waals surface area contributed by atoms with Crippen molar-refractivity contribution in [1.29, 1.82) is 0 Å². The van der Waals surface area contributed by atoms with Crippen molar-refractivity contribution in [2.24, 2.45) is 11.8 Å². The summed E-state index contributed by atoms with van der Waals surface area (Å²) in [6.07, 6.45) is 5.54. The number of carbonyl (C=O) groups is 3. The lowest BCUT2D eigenvalue weighted by Gasteiger charge is -2.39. The van der Waals surface area contributed by atoms with Gasteiger partial charge in [0.2, 0.25) is 17.7 Å². The van der Waals surface area contributed by atoms with Crippen LogP contribution in [0.3, 0.4) is 0 Å². The second kappa shape index (κ2) is 12.8. The molecule has 6 rings (SSSR count). The van der Waals surface area contributed by atoms with Crippen molar-refractivity contribution >= 4 is 40.5 Å². The molecule has 45 heavy (non-hydrogen) atoms. The van der Waals surface area contributed by atoms with E-state index in [1.807, 2.05) is 61.5 Å². The van der Waals surface area contributed by atoms with Crippen molar-refractivity contribution in [3.63, 3.8) is 0 Å². The highest BCUT2D eigenvalue weighted by Crippen LogP contribution is 2.67. The number of amides is 3. The molecule has 2 unspecified atom stereocenters. The number of aliphatic hydroxyl groups is 1. The minimum absolute atomic E-state index is 0.0560. The topological polar surface area (TPSA) is 112 Å².